The minimum Gasteiger partial charge on any atom is -0.497 e. The fourth-order valence-corrected chi connectivity index (χ4v) is 3.66. The Hall–Kier alpha value is -3.49. The number of aromatic nitrogens is 2. The number of alkyl halides is 3. The van der Waals surface area contributed by atoms with Gasteiger partial charge in [0, 0.05) is 18.2 Å². The fourth-order valence-electron chi connectivity index (χ4n) is 3.66. The number of ether oxygens (including phenoxy) is 1. The first-order valence-corrected chi connectivity index (χ1v) is 9.69. The molecule has 0 bridgehead atoms. The molecule has 0 saturated heterocycles. The molecule has 0 spiro atoms. The molecule has 1 aromatic heterocycles. The summed E-state index contributed by atoms with van der Waals surface area (Å²) in [4.78, 5) is 12.6. The molecule has 1 amide bonds. The molecule has 0 radical (unpaired) electrons. The summed E-state index contributed by atoms with van der Waals surface area (Å²) in [7, 11) is 1.52. The summed E-state index contributed by atoms with van der Waals surface area (Å²) in [5, 5.41) is 9.74. The van der Waals surface area contributed by atoms with Crippen molar-refractivity contribution in [1.82, 2.24) is 9.78 Å². The van der Waals surface area contributed by atoms with E-state index in [1.54, 1.807) is 42.5 Å². The first kappa shape index (κ1) is 20.8. The quantitative estimate of drug-likeness (QED) is 0.603. The second-order valence-electron chi connectivity index (χ2n) is 7.45. The smallest absolute Gasteiger partial charge is 0.410 e. The molecule has 2 heterocycles. The molecule has 31 heavy (non-hydrogen) atoms. The van der Waals surface area contributed by atoms with E-state index in [2.05, 4.69) is 15.7 Å². The van der Waals surface area contributed by atoms with Gasteiger partial charge in [-0.1, -0.05) is 24.3 Å². The molecule has 0 aliphatic carbocycles. The van der Waals surface area contributed by atoms with Crippen molar-refractivity contribution < 1.29 is 22.7 Å². The molecule has 1 aliphatic heterocycles. The summed E-state index contributed by atoms with van der Waals surface area (Å²) in [5.74, 6) is 0.187. The van der Waals surface area contributed by atoms with Crippen LogP contribution in [-0.2, 0) is 0 Å². The van der Waals surface area contributed by atoms with Gasteiger partial charge in [0.15, 0.2) is 11.7 Å². The van der Waals surface area contributed by atoms with Gasteiger partial charge in [-0.15, -0.1) is 0 Å². The average Bonchev–Trinajstić information content (AvgIpc) is 3.16. The van der Waals surface area contributed by atoms with Gasteiger partial charge in [-0.05, 0) is 42.3 Å². The predicted molar refractivity (Wildman–Crippen MR) is 110 cm³/mol. The topological polar surface area (TPSA) is 68.2 Å². The Labute approximate surface area is 177 Å². The second kappa shape index (κ2) is 7.98. The molecular formula is C22H21F3N4O2. The van der Waals surface area contributed by atoms with Gasteiger partial charge < -0.3 is 15.4 Å². The van der Waals surface area contributed by atoms with E-state index in [-0.39, 0.29) is 17.9 Å². The van der Waals surface area contributed by atoms with E-state index in [0.717, 1.165) is 10.2 Å². The lowest BCUT2D eigenvalue weighted by Gasteiger charge is -2.33. The van der Waals surface area contributed by atoms with E-state index in [1.807, 2.05) is 13.0 Å². The maximum absolute atomic E-state index is 13.8. The third-order valence-electron chi connectivity index (χ3n) is 5.22. The van der Waals surface area contributed by atoms with Crippen molar-refractivity contribution in [3.05, 3.63) is 71.4 Å². The number of methoxy groups -OCH3 is 1. The van der Waals surface area contributed by atoms with E-state index in [9.17, 15) is 18.0 Å². The maximum Gasteiger partial charge on any atom is 0.410 e. The van der Waals surface area contributed by atoms with Gasteiger partial charge in [-0.25, -0.2) is 4.68 Å². The van der Waals surface area contributed by atoms with E-state index in [1.165, 1.54) is 13.2 Å². The van der Waals surface area contributed by atoms with Crippen LogP contribution in [0.1, 0.15) is 40.1 Å². The molecule has 3 aromatic rings. The molecule has 1 aliphatic rings. The van der Waals surface area contributed by atoms with Crippen LogP contribution in [0.3, 0.4) is 0 Å². The predicted octanol–water partition coefficient (Wildman–Crippen LogP) is 5.11. The van der Waals surface area contributed by atoms with Gasteiger partial charge in [0.1, 0.15) is 11.6 Å². The average molecular weight is 430 g/mol. The van der Waals surface area contributed by atoms with Gasteiger partial charge in [0.2, 0.25) is 0 Å². The van der Waals surface area contributed by atoms with Crippen molar-refractivity contribution in [3.63, 3.8) is 0 Å². The zero-order chi connectivity index (χ0) is 22.2. The lowest BCUT2D eigenvalue weighted by Crippen LogP contribution is -2.35. The lowest BCUT2D eigenvalue weighted by atomic mass is 9.97. The molecule has 0 fully saturated rings. The van der Waals surface area contributed by atoms with Gasteiger partial charge in [-0.2, -0.15) is 18.3 Å². The highest BCUT2D eigenvalue weighted by Crippen LogP contribution is 2.43. The van der Waals surface area contributed by atoms with Crippen molar-refractivity contribution in [2.24, 2.45) is 0 Å². The Kier molecular flexibility index (Phi) is 5.34. The molecule has 2 N–H and O–H groups in total. The lowest BCUT2D eigenvalue weighted by molar-refractivity contribution is -0.173. The van der Waals surface area contributed by atoms with Crippen LogP contribution in [0.2, 0.25) is 0 Å². The van der Waals surface area contributed by atoms with Gasteiger partial charge in [-0.3, -0.25) is 4.79 Å². The van der Waals surface area contributed by atoms with E-state index in [0.29, 0.717) is 17.0 Å². The third-order valence-corrected chi connectivity index (χ3v) is 5.22. The molecule has 9 heteroatoms. The van der Waals surface area contributed by atoms with Crippen LogP contribution in [-0.4, -0.2) is 29.0 Å². The fraction of sp³-hybridized carbons (Fsp3) is 0.273. The number of aryl methyl sites for hydroxylation is 1. The summed E-state index contributed by atoms with van der Waals surface area (Å²) in [6, 6.07) is 12.9. The Morgan fingerprint density at radius 2 is 1.94 bits per heavy atom. The highest BCUT2D eigenvalue weighted by molar-refractivity contribution is 6.03. The van der Waals surface area contributed by atoms with Gasteiger partial charge in [0.25, 0.3) is 5.91 Å². The van der Waals surface area contributed by atoms with Crippen molar-refractivity contribution >= 4 is 17.4 Å². The Balaban J connectivity index is 1.63. The molecule has 0 saturated carbocycles. The number of amides is 1. The summed E-state index contributed by atoms with van der Waals surface area (Å²) in [6.45, 7) is 1.88. The number of carbonyl (C=O) groups is 1. The highest BCUT2D eigenvalue weighted by Gasteiger charge is 2.46. The number of halogens is 3. The minimum atomic E-state index is -4.52. The first-order chi connectivity index (χ1) is 14.7. The zero-order valence-electron chi connectivity index (χ0n) is 16.9. The third kappa shape index (κ3) is 4.35. The molecule has 2 aromatic carbocycles. The molecule has 2 atom stereocenters. The van der Waals surface area contributed by atoms with Crippen LogP contribution < -0.4 is 15.4 Å². The number of fused-ring (bicyclic) bond motifs is 1. The number of benzene rings is 2. The molecular weight excluding hydrogens is 409 g/mol. The number of hydrogen-bond donors (Lipinski definition) is 2. The summed E-state index contributed by atoms with van der Waals surface area (Å²) in [5.41, 5.74) is 2.09. The Morgan fingerprint density at radius 1 is 1.19 bits per heavy atom. The van der Waals surface area contributed by atoms with Gasteiger partial charge in [0.05, 0.1) is 13.2 Å². The highest BCUT2D eigenvalue weighted by atomic mass is 19.4. The van der Waals surface area contributed by atoms with Crippen LogP contribution >= 0.6 is 0 Å². The monoisotopic (exact) mass is 430 g/mol. The van der Waals surface area contributed by atoms with Crippen LogP contribution in [0.5, 0.6) is 5.75 Å². The number of anilines is 2. The largest absolute Gasteiger partial charge is 0.497 e. The SMILES string of the molecule is COc1ccc([C@H]2C[C@H](C(F)(F)F)n3nc(C(=O)Nc4cccc(C)c4)cc3N2)cc1. The molecule has 6 nitrogen and oxygen atoms in total. The van der Waals surface area contributed by atoms with E-state index < -0.39 is 24.2 Å². The number of nitrogens with one attached hydrogen (secondary N) is 2. The minimum absolute atomic E-state index is 0.0892. The van der Waals surface area contributed by atoms with Crippen LogP contribution in [0.25, 0.3) is 0 Å². The van der Waals surface area contributed by atoms with E-state index >= 15 is 0 Å². The Morgan fingerprint density at radius 3 is 2.58 bits per heavy atom. The summed E-state index contributed by atoms with van der Waals surface area (Å²) >= 11 is 0. The number of nitrogens with zero attached hydrogens (tertiary/aromatic N) is 2. The van der Waals surface area contributed by atoms with Gasteiger partial charge >= 0.3 is 6.18 Å². The molecule has 162 valence electrons. The molecule has 0 unspecified atom stereocenters. The van der Waals surface area contributed by atoms with Crippen molar-refractivity contribution in [2.45, 2.75) is 31.6 Å². The van der Waals surface area contributed by atoms with Crippen molar-refractivity contribution in [3.8, 4) is 5.75 Å². The standard InChI is InChI=1S/C22H21F3N4O2/c1-13-4-3-5-15(10-13)26-21(30)18-12-20-27-17(14-6-8-16(31-2)9-7-14)11-19(22(23,24)25)29(20)28-18/h3-10,12,17,19,27H,11H2,1-2H3,(H,26,30)/t17-,19-/m1/s1. The zero-order valence-corrected chi connectivity index (χ0v) is 16.9. The number of carbonyl (C=O) groups excluding carboxylic acids is 1. The van der Waals surface area contributed by atoms with E-state index in [4.69, 9.17) is 4.74 Å². The number of hydrogen-bond acceptors (Lipinski definition) is 4. The van der Waals surface area contributed by atoms with Crippen molar-refractivity contribution in [1.29, 1.82) is 0 Å². The number of rotatable bonds is 4. The second-order valence-corrected chi connectivity index (χ2v) is 7.45. The summed E-state index contributed by atoms with van der Waals surface area (Å²) in [6.07, 6.45) is -4.76. The molecule has 4 rings (SSSR count). The summed E-state index contributed by atoms with van der Waals surface area (Å²) < 4.78 is 47.4. The first-order valence-electron chi connectivity index (χ1n) is 9.69. The normalized spacial score (nSPS) is 18.1. The Bertz CT molecular complexity index is 1090. The van der Waals surface area contributed by atoms with Crippen LogP contribution in [0, 0.1) is 6.92 Å². The van der Waals surface area contributed by atoms with Crippen molar-refractivity contribution in [2.75, 3.05) is 17.7 Å². The van der Waals surface area contributed by atoms with Crippen LogP contribution in [0.15, 0.2) is 54.6 Å². The maximum atomic E-state index is 13.8. The van der Waals surface area contributed by atoms with Crippen LogP contribution in [0.4, 0.5) is 24.7 Å².